The molecule has 1 aliphatic carbocycles. The number of aromatic nitrogens is 2. The summed E-state index contributed by atoms with van der Waals surface area (Å²) in [5.41, 5.74) is 1.33. The third-order valence-corrected chi connectivity index (χ3v) is 7.69. The first-order chi connectivity index (χ1) is 14.9. The van der Waals surface area contributed by atoms with E-state index in [4.69, 9.17) is 0 Å². The molecule has 0 spiro atoms. The smallest absolute Gasteiger partial charge is 0.260 e. The lowest BCUT2D eigenvalue weighted by Gasteiger charge is -2.19. The van der Waals surface area contributed by atoms with E-state index in [0.29, 0.717) is 15.4 Å². The number of nitrogens with zero attached hydrogens (tertiary/aromatic N) is 1. The van der Waals surface area contributed by atoms with Crippen LogP contribution in [0.1, 0.15) is 50.3 Å². The van der Waals surface area contributed by atoms with Crippen LogP contribution in [0.3, 0.4) is 0 Å². The van der Waals surface area contributed by atoms with Crippen LogP contribution < -0.4 is 10.9 Å². The van der Waals surface area contributed by atoms with Crippen LogP contribution in [-0.4, -0.2) is 27.2 Å². The molecule has 4 rings (SSSR count). The molecule has 1 saturated carbocycles. The van der Waals surface area contributed by atoms with E-state index < -0.39 is 0 Å². The summed E-state index contributed by atoms with van der Waals surface area (Å²) in [5, 5.41) is 3.75. The van der Waals surface area contributed by atoms with Crippen LogP contribution in [-0.2, 0) is 4.79 Å². The minimum absolute atomic E-state index is 0.0194. The first-order valence-corrected chi connectivity index (χ1v) is 12.4. The molecule has 1 aromatic carbocycles. The number of H-pyrrole nitrogens is 1. The van der Waals surface area contributed by atoms with Gasteiger partial charge < -0.3 is 10.3 Å². The van der Waals surface area contributed by atoms with E-state index in [1.165, 1.54) is 48.1 Å². The molecule has 8 heteroatoms. The fraction of sp³-hybridized carbons (Fsp3) is 0.435. The Hall–Kier alpha value is -2.19. The van der Waals surface area contributed by atoms with Crippen LogP contribution in [0, 0.1) is 12.7 Å². The number of aromatic amines is 1. The van der Waals surface area contributed by atoms with Gasteiger partial charge in [-0.15, -0.1) is 11.3 Å². The van der Waals surface area contributed by atoms with Crippen LogP contribution in [0.15, 0.2) is 34.2 Å². The number of hydrogen-bond donors (Lipinski definition) is 2. The predicted octanol–water partition coefficient (Wildman–Crippen LogP) is 5.42. The number of thiophene rings is 1. The Morgan fingerprint density at radius 2 is 1.90 bits per heavy atom. The van der Waals surface area contributed by atoms with Crippen LogP contribution in [0.5, 0.6) is 0 Å². The summed E-state index contributed by atoms with van der Waals surface area (Å²) in [6, 6.07) is 6.36. The molecule has 1 atom stereocenters. The molecule has 164 valence electrons. The van der Waals surface area contributed by atoms with E-state index in [-0.39, 0.29) is 28.6 Å². The summed E-state index contributed by atoms with van der Waals surface area (Å²) >= 11 is 2.70. The highest BCUT2D eigenvalue weighted by molar-refractivity contribution is 8.00. The summed E-state index contributed by atoms with van der Waals surface area (Å²) in [7, 11) is 0. The number of aryl methyl sites for hydroxylation is 1. The highest BCUT2D eigenvalue weighted by Gasteiger charge is 2.22. The second-order valence-electron chi connectivity index (χ2n) is 8.05. The van der Waals surface area contributed by atoms with Crippen LogP contribution in [0.4, 0.5) is 4.39 Å². The second kappa shape index (κ2) is 9.53. The van der Waals surface area contributed by atoms with Crippen LogP contribution >= 0.6 is 23.1 Å². The minimum Gasteiger partial charge on any atom is -0.352 e. The summed E-state index contributed by atoms with van der Waals surface area (Å²) in [5.74, 6) is -0.336. The summed E-state index contributed by atoms with van der Waals surface area (Å²) in [4.78, 5) is 34.6. The van der Waals surface area contributed by atoms with Gasteiger partial charge in [0.1, 0.15) is 10.6 Å². The van der Waals surface area contributed by atoms with Crippen molar-refractivity contribution < 1.29 is 9.18 Å². The van der Waals surface area contributed by atoms with Gasteiger partial charge in [0.25, 0.3) is 5.56 Å². The van der Waals surface area contributed by atoms with Crippen molar-refractivity contribution in [2.45, 2.75) is 68.8 Å². The molecule has 0 bridgehead atoms. The van der Waals surface area contributed by atoms with Crippen molar-refractivity contribution in [1.82, 2.24) is 15.3 Å². The van der Waals surface area contributed by atoms with E-state index in [9.17, 15) is 14.0 Å². The van der Waals surface area contributed by atoms with E-state index in [1.54, 1.807) is 12.1 Å². The number of carbonyl (C=O) groups excluding carboxylic acids is 1. The standard InChI is InChI=1S/C23H26FN3O2S2/c1-13-18(15-9-11-16(24)12-10-15)19-21(29)26-23(27-22(19)30-13)31-14(2)20(28)25-17-7-5-3-4-6-8-17/h9-12,14,17H,3-8H2,1-2H3,(H,25,28)(H,26,27,29)/t14-/m1/s1. The number of halogens is 1. The lowest BCUT2D eigenvalue weighted by molar-refractivity contribution is -0.121. The Bertz CT molecular complexity index is 1130. The highest BCUT2D eigenvalue weighted by atomic mass is 32.2. The zero-order chi connectivity index (χ0) is 22.0. The van der Waals surface area contributed by atoms with Crippen molar-refractivity contribution in [2.75, 3.05) is 0 Å². The van der Waals surface area contributed by atoms with Crippen molar-refractivity contribution in [3.05, 3.63) is 45.3 Å². The maximum atomic E-state index is 13.3. The Morgan fingerprint density at radius 3 is 2.58 bits per heavy atom. The molecule has 0 unspecified atom stereocenters. The molecular formula is C23H26FN3O2S2. The normalized spacial score (nSPS) is 16.2. The van der Waals surface area contributed by atoms with Gasteiger partial charge in [0.15, 0.2) is 5.16 Å². The van der Waals surface area contributed by atoms with Crippen molar-refractivity contribution in [1.29, 1.82) is 0 Å². The zero-order valence-electron chi connectivity index (χ0n) is 17.7. The molecule has 0 radical (unpaired) electrons. The van der Waals surface area contributed by atoms with Gasteiger partial charge >= 0.3 is 0 Å². The summed E-state index contributed by atoms with van der Waals surface area (Å²) < 4.78 is 13.3. The maximum Gasteiger partial charge on any atom is 0.260 e. The third-order valence-electron chi connectivity index (χ3n) is 5.71. The minimum atomic E-state index is -0.360. The zero-order valence-corrected chi connectivity index (χ0v) is 19.3. The quantitative estimate of drug-likeness (QED) is 0.304. The largest absolute Gasteiger partial charge is 0.352 e. The molecule has 0 saturated heterocycles. The molecule has 3 aromatic rings. The van der Waals surface area contributed by atoms with Crippen molar-refractivity contribution in [2.24, 2.45) is 0 Å². The first kappa shape index (κ1) is 22.0. The Balaban J connectivity index is 1.54. The number of rotatable bonds is 5. The van der Waals surface area contributed by atoms with Gasteiger partial charge in [-0.25, -0.2) is 9.37 Å². The third kappa shape index (κ3) is 5.01. The summed E-state index contributed by atoms with van der Waals surface area (Å²) in [6.45, 7) is 3.77. The van der Waals surface area contributed by atoms with Crippen molar-refractivity contribution >= 4 is 39.2 Å². The Labute approximate surface area is 188 Å². The van der Waals surface area contributed by atoms with E-state index >= 15 is 0 Å². The topological polar surface area (TPSA) is 74.8 Å². The average molecular weight is 460 g/mol. The molecule has 5 nitrogen and oxygen atoms in total. The Kier molecular flexibility index (Phi) is 6.77. The van der Waals surface area contributed by atoms with Gasteiger partial charge in [-0.05, 0) is 44.4 Å². The second-order valence-corrected chi connectivity index (χ2v) is 10.6. The molecular weight excluding hydrogens is 433 g/mol. The molecule has 0 aliphatic heterocycles. The molecule has 1 fully saturated rings. The number of thioether (sulfide) groups is 1. The van der Waals surface area contributed by atoms with Gasteiger partial charge in [0.2, 0.25) is 5.91 Å². The van der Waals surface area contributed by atoms with E-state index in [0.717, 1.165) is 41.7 Å². The van der Waals surface area contributed by atoms with Crippen LogP contribution in [0.2, 0.25) is 0 Å². The molecule has 2 heterocycles. The maximum absolute atomic E-state index is 13.3. The van der Waals surface area contributed by atoms with Crippen molar-refractivity contribution in [3.8, 4) is 11.1 Å². The monoisotopic (exact) mass is 459 g/mol. The predicted molar refractivity (Wildman–Crippen MR) is 125 cm³/mol. The molecule has 1 aliphatic rings. The number of carbonyl (C=O) groups is 1. The number of amides is 1. The van der Waals surface area contributed by atoms with Gasteiger partial charge in [-0.2, -0.15) is 0 Å². The van der Waals surface area contributed by atoms with E-state index in [2.05, 4.69) is 15.3 Å². The molecule has 1 amide bonds. The number of fused-ring (bicyclic) bond motifs is 1. The fourth-order valence-electron chi connectivity index (χ4n) is 4.08. The SMILES string of the molecule is Cc1sc2nc(S[C@H](C)C(=O)NC3CCCCCC3)[nH]c(=O)c2c1-c1ccc(F)cc1. The van der Waals surface area contributed by atoms with Gasteiger partial charge in [-0.3, -0.25) is 9.59 Å². The lowest BCUT2D eigenvalue weighted by Crippen LogP contribution is -2.39. The number of nitrogens with one attached hydrogen (secondary N) is 2. The Morgan fingerprint density at radius 1 is 1.23 bits per heavy atom. The van der Waals surface area contributed by atoms with Crippen LogP contribution in [0.25, 0.3) is 21.3 Å². The van der Waals surface area contributed by atoms with Gasteiger partial charge in [0.05, 0.1) is 10.6 Å². The fourth-order valence-corrected chi connectivity index (χ4v) is 5.99. The van der Waals surface area contributed by atoms with Gasteiger partial charge in [-0.1, -0.05) is 49.6 Å². The van der Waals surface area contributed by atoms with E-state index in [1.807, 2.05) is 13.8 Å². The lowest BCUT2D eigenvalue weighted by atomic mass is 10.0. The molecule has 31 heavy (non-hydrogen) atoms. The first-order valence-electron chi connectivity index (χ1n) is 10.7. The number of benzene rings is 1. The van der Waals surface area contributed by atoms with Crippen molar-refractivity contribution in [3.63, 3.8) is 0 Å². The molecule has 2 N–H and O–H groups in total. The number of hydrogen-bond acceptors (Lipinski definition) is 5. The molecule has 2 aromatic heterocycles. The highest BCUT2D eigenvalue weighted by Crippen LogP contribution is 2.36. The summed E-state index contributed by atoms with van der Waals surface area (Å²) in [6.07, 6.45) is 6.86. The van der Waals surface area contributed by atoms with Gasteiger partial charge in [0, 0.05) is 16.5 Å². The average Bonchev–Trinajstić information content (AvgIpc) is 2.88.